The van der Waals surface area contributed by atoms with Crippen LogP contribution in [0, 0.1) is 0 Å². The molecular weight excluding hydrogens is 254 g/mol. The monoisotopic (exact) mass is 279 g/mol. The molecule has 3 N–H and O–H groups in total. The van der Waals surface area contributed by atoms with E-state index in [1.54, 1.807) is 13.2 Å². The Morgan fingerprint density at radius 1 is 1.45 bits per heavy atom. The molecule has 20 heavy (non-hydrogen) atoms. The number of hydrogen-bond acceptors (Lipinski definition) is 4. The van der Waals surface area contributed by atoms with Crippen molar-refractivity contribution in [2.24, 2.45) is 0 Å². The van der Waals surface area contributed by atoms with E-state index in [2.05, 4.69) is 11.9 Å². The predicted molar refractivity (Wildman–Crippen MR) is 81.8 cm³/mol. The molecule has 0 amide bonds. The quantitative estimate of drug-likeness (QED) is 0.680. The molecule has 112 valence electrons. The number of ether oxygens (including phenoxy) is 1. The van der Waals surface area contributed by atoms with Gasteiger partial charge < -0.3 is 20.3 Å². The second-order valence-electron chi connectivity index (χ2n) is 4.73. The van der Waals surface area contributed by atoms with Gasteiger partial charge in [-0.2, -0.15) is 0 Å². The molecule has 1 aromatic rings. The number of nitrogens with one attached hydrogen (secondary N) is 1. The van der Waals surface area contributed by atoms with Gasteiger partial charge in [0.2, 0.25) is 0 Å². The third-order valence-corrected chi connectivity index (χ3v) is 3.70. The summed E-state index contributed by atoms with van der Waals surface area (Å²) >= 11 is 0. The largest absolute Gasteiger partial charge is 0.496 e. The van der Waals surface area contributed by atoms with E-state index in [-0.39, 0.29) is 6.61 Å². The normalized spacial score (nSPS) is 15.4. The van der Waals surface area contributed by atoms with Gasteiger partial charge in [-0.25, -0.2) is 0 Å². The van der Waals surface area contributed by atoms with E-state index in [1.165, 1.54) is 0 Å². The first-order valence-corrected chi connectivity index (χ1v) is 6.94. The van der Waals surface area contributed by atoms with Crippen LogP contribution in [0.5, 0.6) is 5.75 Å². The van der Waals surface area contributed by atoms with Crippen molar-refractivity contribution in [1.29, 1.82) is 0 Å². The summed E-state index contributed by atoms with van der Waals surface area (Å²) in [6.45, 7) is 8.16. The van der Waals surface area contributed by atoms with E-state index in [0.29, 0.717) is 18.7 Å². The molecule has 2 unspecified atom stereocenters. The summed E-state index contributed by atoms with van der Waals surface area (Å²) in [5.41, 5.74) is 0.440. The Morgan fingerprint density at radius 2 is 2.15 bits per heavy atom. The molecule has 0 aliphatic carbocycles. The molecule has 0 saturated carbocycles. The van der Waals surface area contributed by atoms with Crippen LogP contribution in [0.3, 0.4) is 0 Å². The third kappa shape index (κ3) is 3.20. The number of methoxy groups -OCH3 is 1. The average Bonchev–Trinajstić information content (AvgIpc) is 2.50. The van der Waals surface area contributed by atoms with Crippen LogP contribution in [-0.4, -0.2) is 36.5 Å². The topological polar surface area (TPSA) is 61.7 Å². The van der Waals surface area contributed by atoms with E-state index in [4.69, 9.17) is 4.74 Å². The smallest absolute Gasteiger partial charge is 0.126 e. The van der Waals surface area contributed by atoms with E-state index in [1.807, 2.05) is 32.0 Å². The summed E-state index contributed by atoms with van der Waals surface area (Å²) < 4.78 is 5.25. The first-order chi connectivity index (χ1) is 9.57. The first-order valence-electron chi connectivity index (χ1n) is 6.94. The Labute approximate surface area is 121 Å². The Balaban J connectivity index is 3.26. The van der Waals surface area contributed by atoms with Crippen LogP contribution in [0.2, 0.25) is 0 Å². The second-order valence-corrected chi connectivity index (χ2v) is 4.73. The number of aliphatic hydroxyl groups is 2. The molecule has 0 fully saturated rings. The van der Waals surface area contributed by atoms with Gasteiger partial charge in [0.15, 0.2) is 0 Å². The van der Waals surface area contributed by atoms with Crippen molar-refractivity contribution in [2.75, 3.05) is 20.3 Å². The van der Waals surface area contributed by atoms with Crippen molar-refractivity contribution in [3.05, 3.63) is 35.9 Å². The van der Waals surface area contributed by atoms with Crippen LogP contribution in [0.1, 0.15) is 31.4 Å². The molecule has 0 spiro atoms. The van der Waals surface area contributed by atoms with Gasteiger partial charge >= 0.3 is 0 Å². The maximum Gasteiger partial charge on any atom is 0.126 e. The zero-order chi connectivity index (χ0) is 15.2. The van der Waals surface area contributed by atoms with Gasteiger partial charge in [-0.15, -0.1) is 0 Å². The second kappa shape index (κ2) is 7.43. The van der Waals surface area contributed by atoms with Crippen molar-refractivity contribution in [1.82, 2.24) is 5.32 Å². The Hall–Kier alpha value is -1.36. The molecular formula is C16H25NO3. The SMILES string of the molecule is C=Cc1cc(C(O)(CC)C(CO)NCC)ccc1OC. The number of aliphatic hydroxyl groups excluding tert-OH is 1. The third-order valence-electron chi connectivity index (χ3n) is 3.70. The molecule has 0 aliphatic heterocycles. The van der Waals surface area contributed by atoms with Crippen LogP contribution in [0.15, 0.2) is 24.8 Å². The van der Waals surface area contributed by atoms with Gasteiger partial charge in [0.25, 0.3) is 0 Å². The van der Waals surface area contributed by atoms with Crippen molar-refractivity contribution >= 4 is 6.08 Å². The fourth-order valence-corrected chi connectivity index (χ4v) is 2.45. The zero-order valence-electron chi connectivity index (χ0n) is 12.5. The minimum absolute atomic E-state index is 0.131. The fourth-order valence-electron chi connectivity index (χ4n) is 2.45. The van der Waals surface area contributed by atoms with Gasteiger partial charge in [-0.1, -0.05) is 32.6 Å². The number of benzene rings is 1. The molecule has 0 heterocycles. The van der Waals surface area contributed by atoms with Gasteiger partial charge in [0.05, 0.1) is 19.8 Å². The van der Waals surface area contributed by atoms with Crippen LogP contribution in [-0.2, 0) is 5.60 Å². The van der Waals surface area contributed by atoms with Crippen molar-refractivity contribution in [3.8, 4) is 5.75 Å². The molecule has 0 aromatic heterocycles. The van der Waals surface area contributed by atoms with Crippen molar-refractivity contribution < 1.29 is 14.9 Å². The summed E-state index contributed by atoms with van der Waals surface area (Å²) in [5.74, 6) is 0.714. The van der Waals surface area contributed by atoms with Crippen LogP contribution >= 0.6 is 0 Å². The molecule has 0 aliphatic rings. The minimum atomic E-state index is -1.13. The highest BCUT2D eigenvalue weighted by atomic mass is 16.5. The molecule has 0 bridgehead atoms. The van der Waals surface area contributed by atoms with Gasteiger partial charge in [-0.3, -0.25) is 0 Å². The lowest BCUT2D eigenvalue weighted by molar-refractivity contribution is -0.0252. The van der Waals surface area contributed by atoms with Crippen LogP contribution in [0.25, 0.3) is 6.08 Å². The van der Waals surface area contributed by atoms with Crippen molar-refractivity contribution in [2.45, 2.75) is 31.9 Å². The highest BCUT2D eigenvalue weighted by molar-refractivity contribution is 5.57. The summed E-state index contributed by atoms with van der Waals surface area (Å²) in [7, 11) is 1.60. The van der Waals surface area contributed by atoms with E-state index < -0.39 is 11.6 Å². The Morgan fingerprint density at radius 3 is 2.60 bits per heavy atom. The first kappa shape index (κ1) is 16.7. The molecule has 1 aromatic carbocycles. The maximum atomic E-state index is 11.0. The highest BCUT2D eigenvalue weighted by Gasteiger charge is 2.36. The highest BCUT2D eigenvalue weighted by Crippen LogP contribution is 2.32. The summed E-state index contributed by atoms with van der Waals surface area (Å²) in [4.78, 5) is 0. The molecule has 1 rings (SSSR count). The Bertz CT molecular complexity index is 447. The van der Waals surface area contributed by atoms with Crippen LogP contribution in [0.4, 0.5) is 0 Å². The number of hydrogen-bond donors (Lipinski definition) is 3. The predicted octanol–water partition coefficient (Wildman–Crippen LogP) is 1.91. The summed E-state index contributed by atoms with van der Waals surface area (Å²) in [5, 5.41) is 23.6. The van der Waals surface area contributed by atoms with E-state index in [9.17, 15) is 10.2 Å². The average molecular weight is 279 g/mol. The lowest BCUT2D eigenvalue weighted by atomic mass is 9.83. The lowest BCUT2D eigenvalue weighted by Crippen LogP contribution is -2.50. The maximum absolute atomic E-state index is 11.0. The van der Waals surface area contributed by atoms with Crippen LogP contribution < -0.4 is 10.1 Å². The minimum Gasteiger partial charge on any atom is -0.496 e. The number of likely N-dealkylation sites (N-methyl/N-ethyl adjacent to an activating group) is 1. The number of rotatable bonds is 8. The molecule has 4 nitrogen and oxygen atoms in total. The van der Waals surface area contributed by atoms with Crippen molar-refractivity contribution in [3.63, 3.8) is 0 Å². The molecule has 2 atom stereocenters. The van der Waals surface area contributed by atoms with E-state index in [0.717, 1.165) is 11.1 Å². The zero-order valence-corrected chi connectivity index (χ0v) is 12.5. The summed E-state index contributed by atoms with van der Waals surface area (Å²) in [6, 6.07) is 5.08. The van der Waals surface area contributed by atoms with E-state index >= 15 is 0 Å². The van der Waals surface area contributed by atoms with Gasteiger partial charge in [0.1, 0.15) is 11.4 Å². The lowest BCUT2D eigenvalue weighted by Gasteiger charge is -2.35. The standard InChI is InChI=1S/C16H25NO3/c1-5-12-10-13(8-9-14(12)20-4)16(19,6-2)15(11-18)17-7-3/h5,8-10,15,17-19H,1,6-7,11H2,2-4H3. The fraction of sp³-hybridized carbons (Fsp3) is 0.500. The molecule has 4 heteroatoms. The van der Waals surface area contributed by atoms with Gasteiger partial charge in [-0.05, 0) is 30.7 Å². The molecule has 0 radical (unpaired) electrons. The Kier molecular flexibility index (Phi) is 6.20. The molecule has 0 saturated heterocycles. The summed E-state index contributed by atoms with van der Waals surface area (Å²) in [6.07, 6.45) is 2.19. The van der Waals surface area contributed by atoms with Gasteiger partial charge in [0, 0.05) is 5.56 Å².